The van der Waals surface area contributed by atoms with Crippen LogP contribution >= 0.6 is 0 Å². The van der Waals surface area contributed by atoms with Crippen LogP contribution in [0.15, 0.2) is 119 Å². The number of aromatic nitrogens is 4. The number of benzene rings is 3. The lowest BCUT2D eigenvalue weighted by Gasteiger charge is -2.08. The number of fused-ring (bicyclic) bond motifs is 6. The minimum Gasteiger partial charge on any atom is -0.309 e. The average Bonchev–Trinajstić information content (AvgIpc) is 3.22. The third-order valence-corrected chi connectivity index (χ3v) is 6.68. The Kier molecular flexibility index (Phi) is 4.35. The highest BCUT2D eigenvalue weighted by atomic mass is 16.2. The first-order chi connectivity index (χ1) is 17.7. The van der Waals surface area contributed by atoms with Crippen LogP contribution in [0, 0.1) is 0 Å². The molecule has 0 radical (unpaired) electrons. The summed E-state index contributed by atoms with van der Waals surface area (Å²) in [4.78, 5) is 36.2. The number of nitrogens with zero attached hydrogens (tertiary/aromatic N) is 4. The molecule has 0 spiro atoms. The molecule has 7 rings (SSSR count). The van der Waals surface area contributed by atoms with Crippen LogP contribution in [0.2, 0.25) is 0 Å². The van der Waals surface area contributed by atoms with Gasteiger partial charge in [-0.05, 0) is 59.3 Å². The van der Waals surface area contributed by atoms with Crippen molar-refractivity contribution in [3.8, 4) is 11.5 Å². The maximum atomic E-state index is 14.1. The molecule has 6 heteroatoms. The lowest BCUT2D eigenvalue weighted by atomic mass is 10.0. The molecular weight excluding hydrogens is 448 g/mol. The van der Waals surface area contributed by atoms with Gasteiger partial charge in [0.25, 0.3) is 11.1 Å². The van der Waals surface area contributed by atoms with E-state index in [4.69, 9.17) is 0 Å². The van der Waals surface area contributed by atoms with Crippen LogP contribution in [0.4, 0.5) is 0 Å². The summed E-state index contributed by atoms with van der Waals surface area (Å²) >= 11 is 0. The van der Waals surface area contributed by atoms with E-state index in [0.29, 0.717) is 21.5 Å². The van der Waals surface area contributed by atoms with Crippen LogP contribution in [-0.4, -0.2) is 19.1 Å². The van der Waals surface area contributed by atoms with Gasteiger partial charge in [0, 0.05) is 35.1 Å². The Hall–Kier alpha value is -5.10. The van der Waals surface area contributed by atoms with E-state index in [9.17, 15) is 9.59 Å². The van der Waals surface area contributed by atoms with E-state index >= 15 is 0 Å². The van der Waals surface area contributed by atoms with Crippen molar-refractivity contribution in [2.75, 3.05) is 0 Å². The summed E-state index contributed by atoms with van der Waals surface area (Å²) in [6, 6.07) is 29.1. The number of para-hydroxylation sites is 2. The molecule has 6 nitrogen and oxygen atoms in total. The molecule has 170 valence electrons. The molecule has 0 aliphatic heterocycles. The maximum Gasteiger partial charge on any atom is 0.268 e. The van der Waals surface area contributed by atoms with Gasteiger partial charge in [-0.2, -0.15) is 0 Å². The third-order valence-electron chi connectivity index (χ3n) is 6.68. The zero-order chi connectivity index (χ0) is 24.2. The van der Waals surface area contributed by atoms with Gasteiger partial charge in [-0.1, -0.05) is 42.5 Å². The molecule has 0 unspecified atom stereocenters. The van der Waals surface area contributed by atoms with Crippen molar-refractivity contribution in [1.29, 1.82) is 0 Å². The van der Waals surface area contributed by atoms with Crippen LogP contribution in [-0.2, 0) is 0 Å². The first-order valence-corrected chi connectivity index (χ1v) is 11.6. The Balaban J connectivity index is 1.77. The van der Waals surface area contributed by atoms with Crippen molar-refractivity contribution in [2.24, 2.45) is 0 Å². The van der Waals surface area contributed by atoms with Gasteiger partial charge >= 0.3 is 0 Å². The summed E-state index contributed by atoms with van der Waals surface area (Å²) in [5.41, 5.74) is 2.06. The quantitative estimate of drug-likeness (QED) is 0.343. The monoisotopic (exact) mass is 466 g/mol. The molecule has 0 saturated heterocycles. The van der Waals surface area contributed by atoms with Gasteiger partial charge in [-0.3, -0.25) is 14.6 Å². The average molecular weight is 467 g/mol. The summed E-state index contributed by atoms with van der Waals surface area (Å²) in [5, 5.41) is 4.25. The highest BCUT2D eigenvalue weighted by Crippen LogP contribution is 2.35. The van der Waals surface area contributed by atoms with E-state index in [2.05, 4.69) is 26.7 Å². The predicted octanol–water partition coefficient (Wildman–Crippen LogP) is 5.39. The van der Waals surface area contributed by atoms with E-state index in [1.54, 1.807) is 36.7 Å². The van der Waals surface area contributed by atoms with Crippen LogP contribution < -0.4 is 11.1 Å². The number of hydrogen-bond acceptors (Lipinski definition) is 4. The van der Waals surface area contributed by atoms with Crippen LogP contribution in [0.3, 0.4) is 0 Å². The predicted molar refractivity (Wildman–Crippen MR) is 143 cm³/mol. The van der Waals surface area contributed by atoms with Crippen molar-refractivity contribution in [3.63, 3.8) is 0 Å². The summed E-state index contributed by atoms with van der Waals surface area (Å²) < 4.78 is 3.30. The second-order valence-electron chi connectivity index (χ2n) is 8.66. The lowest BCUT2D eigenvalue weighted by Crippen LogP contribution is -2.29. The molecule has 3 aromatic carbocycles. The third kappa shape index (κ3) is 2.85. The molecular formula is C30H18N4O2. The van der Waals surface area contributed by atoms with Crippen LogP contribution in [0.5, 0.6) is 0 Å². The Morgan fingerprint density at radius 3 is 2.14 bits per heavy atom. The first-order valence-electron chi connectivity index (χ1n) is 11.6. The standard InChI is InChI=1S/C30H18N4O2/c35-29-24-17-27-23(21-10-4-5-11-26(21)33(27)19-8-2-1-3-9-19)16-22(24)20-13-15-31-18-25(20)30(36)34(29)28-12-6-7-14-32-28/h1-18H. The molecule has 4 aromatic heterocycles. The van der Waals surface area contributed by atoms with Gasteiger partial charge < -0.3 is 4.57 Å². The molecule has 0 saturated carbocycles. The molecule has 0 aliphatic rings. The maximum absolute atomic E-state index is 14.1. The SMILES string of the molecule is O=c1c2cnccc2c2cc3c4ccccc4n(-c4ccccc4)c3cc2c(=O)n1-c1ccccn1. The fourth-order valence-corrected chi connectivity index (χ4v) is 5.10. The van der Waals surface area contributed by atoms with Gasteiger partial charge in [-0.15, -0.1) is 0 Å². The Bertz CT molecular complexity index is 2080. The lowest BCUT2D eigenvalue weighted by molar-refractivity contribution is 0.927. The molecule has 0 fully saturated rings. The van der Waals surface area contributed by atoms with Crippen molar-refractivity contribution in [1.82, 2.24) is 19.1 Å². The van der Waals surface area contributed by atoms with Crippen LogP contribution in [0.1, 0.15) is 0 Å². The molecule has 0 atom stereocenters. The van der Waals surface area contributed by atoms with Crippen molar-refractivity contribution >= 4 is 43.4 Å². The topological polar surface area (TPSA) is 69.8 Å². The minimum atomic E-state index is -0.446. The highest BCUT2D eigenvalue weighted by Gasteiger charge is 2.18. The van der Waals surface area contributed by atoms with E-state index in [-0.39, 0.29) is 5.82 Å². The first kappa shape index (κ1) is 20.3. The smallest absolute Gasteiger partial charge is 0.268 e. The van der Waals surface area contributed by atoms with E-state index in [1.165, 1.54) is 6.20 Å². The highest BCUT2D eigenvalue weighted by molar-refractivity contribution is 6.17. The Morgan fingerprint density at radius 1 is 0.528 bits per heavy atom. The van der Waals surface area contributed by atoms with Crippen molar-refractivity contribution in [3.05, 3.63) is 130 Å². The number of pyridine rings is 2. The normalized spacial score (nSPS) is 11.6. The van der Waals surface area contributed by atoms with E-state index in [0.717, 1.165) is 32.1 Å². The number of rotatable bonds is 2. The summed E-state index contributed by atoms with van der Waals surface area (Å²) in [5.74, 6) is 0.277. The van der Waals surface area contributed by atoms with Gasteiger partial charge in [0.05, 0.1) is 21.8 Å². The molecule has 4 heterocycles. The second-order valence-corrected chi connectivity index (χ2v) is 8.66. The minimum absolute atomic E-state index is 0.277. The molecule has 7 aromatic rings. The zero-order valence-corrected chi connectivity index (χ0v) is 19.0. The summed E-state index contributed by atoms with van der Waals surface area (Å²) in [6.45, 7) is 0. The van der Waals surface area contributed by atoms with Crippen LogP contribution in [0.25, 0.3) is 54.9 Å². The Morgan fingerprint density at radius 2 is 1.31 bits per heavy atom. The number of hydrogen-bond donors (Lipinski definition) is 0. The Labute approximate surface area is 204 Å². The van der Waals surface area contributed by atoms with Gasteiger partial charge in [0.1, 0.15) is 5.82 Å². The van der Waals surface area contributed by atoms with Crippen molar-refractivity contribution in [2.45, 2.75) is 0 Å². The fourth-order valence-electron chi connectivity index (χ4n) is 5.10. The zero-order valence-electron chi connectivity index (χ0n) is 19.0. The fraction of sp³-hybridized carbons (Fsp3) is 0. The molecule has 36 heavy (non-hydrogen) atoms. The van der Waals surface area contributed by atoms with Gasteiger partial charge in [0.2, 0.25) is 0 Å². The van der Waals surface area contributed by atoms with Gasteiger partial charge in [0.15, 0.2) is 0 Å². The van der Waals surface area contributed by atoms with E-state index in [1.807, 2.05) is 54.6 Å². The van der Waals surface area contributed by atoms with Gasteiger partial charge in [-0.25, -0.2) is 9.55 Å². The summed E-state index contributed by atoms with van der Waals surface area (Å²) in [7, 11) is 0. The second kappa shape index (κ2) is 7.71. The largest absolute Gasteiger partial charge is 0.309 e. The van der Waals surface area contributed by atoms with E-state index < -0.39 is 11.1 Å². The molecule has 0 N–H and O–H groups in total. The molecule has 0 bridgehead atoms. The summed E-state index contributed by atoms with van der Waals surface area (Å²) in [6.07, 6.45) is 4.74. The van der Waals surface area contributed by atoms with Crippen molar-refractivity contribution < 1.29 is 0 Å². The molecule has 0 amide bonds. The molecule has 0 aliphatic carbocycles.